The molecule has 1 fully saturated rings. The second-order valence-corrected chi connectivity index (χ2v) is 6.89. The van der Waals surface area contributed by atoms with Crippen molar-refractivity contribution in [2.45, 2.75) is 51.6 Å². The topological polar surface area (TPSA) is 71.3 Å². The van der Waals surface area contributed by atoms with Crippen molar-refractivity contribution in [3.63, 3.8) is 0 Å². The number of aryl methyl sites for hydroxylation is 1. The van der Waals surface area contributed by atoms with Crippen LogP contribution in [0.25, 0.3) is 16.6 Å². The predicted octanol–water partition coefficient (Wildman–Crippen LogP) is 3.05. The lowest BCUT2D eigenvalue weighted by Gasteiger charge is -2.19. The second-order valence-electron chi connectivity index (χ2n) is 6.89. The van der Waals surface area contributed by atoms with Gasteiger partial charge in [-0.1, -0.05) is 25.0 Å². The lowest BCUT2D eigenvalue weighted by Crippen LogP contribution is -2.42. The van der Waals surface area contributed by atoms with Gasteiger partial charge in [0.2, 0.25) is 5.91 Å². The number of amides is 1. The Bertz CT molecular complexity index is 926. The van der Waals surface area contributed by atoms with Gasteiger partial charge in [-0.3, -0.25) is 4.79 Å². The molecule has 2 heterocycles. The zero-order chi connectivity index (χ0) is 17.4. The van der Waals surface area contributed by atoms with Gasteiger partial charge in [0.25, 0.3) is 0 Å². The van der Waals surface area contributed by atoms with Crippen molar-refractivity contribution in [2.24, 2.45) is 0 Å². The minimum atomic E-state index is -0.344. The van der Waals surface area contributed by atoms with Crippen LogP contribution in [0.5, 0.6) is 0 Å². The first-order valence-electron chi connectivity index (χ1n) is 8.94. The van der Waals surface area contributed by atoms with E-state index in [0.717, 1.165) is 40.9 Å². The largest absolute Gasteiger partial charge is 0.358 e. The lowest BCUT2D eigenvalue weighted by atomic mass is 10.2. The van der Waals surface area contributed by atoms with Gasteiger partial charge in [0, 0.05) is 17.5 Å². The number of hydrogen-bond acceptors (Lipinski definition) is 4. The highest BCUT2D eigenvalue weighted by molar-refractivity contribution is 5.93. The van der Waals surface area contributed by atoms with Crippen LogP contribution in [0.1, 0.15) is 38.3 Å². The first-order chi connectivity index (χ1) is 12.1. The number of aromatic nitrogens is 3. The number of hydrogen-bond donors (Lipinski definition) is 2. The van der Waals surface area contributed by atoms with E-state index in [2.05, 4.69) is 20.7 Å². The molecule has 2 N–H and O–H groups in total. The number of carbonyl (C=O) groups excluding carboxylic acids is 1. The number of carbonyl (C=O) groups is 1. The van der Waals surface area contributed by atoms with Gasteiger partial charge in [-0.2, -0.15) is 5.10 Å². The number of para-hydroxylation sites is 1. The molecule has 0 saturated heterocycles. The van der Waals surface area contributed by atoms with E-state index >= 15 is 0 Å². The van der Waals surface area contributed by atoms with Crippen LogP contribution in [0.15, 0.2) is 30.3 Å². The normalized spacial score (nSPS) is 16.4. The average molecular weight is 337 g/mol. The van der Waals surface area contributed by atoms with Gasteiger partial charge < -0.3 is 10.6 Å². The van der Waals surface area contributed by atoms with E-state index in [1.165, 1.54) is 12.8 Å². The van der Waals surface area contributed by atoms with E-state index in [0.29, 0.717) is 6.04 Å². The summed E-state index contributed by atoms with van der Waals surface area (Å²) in [5.41, 5.74) is 2.68. The van der Waals surface area contributed by atoms with Gasteiger partial charge in [0.1, 0.15) is 11.9 Å². The van der Waals surface area contributed by atoms with Gasteiger partial charge in [-0.05, 0) is 38.8 Å². The van der Waals surface area contributed by atoms with E-state index in [9.17, 15) is 4.79 Å². The van der Waals surface area contributed by atoms with Crippen molar-refractivity contribution in [3.8, 4) is 0 Å². The lowest BCUT2D eigenvalue weighted by molar-refractivity contribution is -0.122. The summed E-state index contributed by atoms with van der Waals surface area (Å²) in [5.74, 6) is 0.749. The molecule has 6 heteroatoms. The molecule has 0 unspecified atom stereocenters. The molecular weight excluding hydrogens is 314 g/mol. The van der Waals surface area contributed by atoms with Gasteiger partial charge >= 0.3 is 0 Å². The SMILES string of the molecule is Cc1cc2nc(N[C@H](C)C(=O)NC3CCCC3)c3ccccc3n2n1. The van der Waals surface area contributed by atoms with Gasteiger partial charge in [-0.25, -0.2) is 9.50 Å². The quantitative estimate of drug-likeness (QED) is 0.767. The Morgan fingerprint density at radius 3 is 2.84 bits per heavy atom. The van der Waals surface area contributed by atoms with Crippen LogP contribution in [-0.4, -0.2) is 32.6 Å². The van der Waals surface area contributed by atoms with Crippen LogP contribution in [0.4, 0.5) is 5.82 Å². The molecule has 1 aliphatic carbocycles. The summed E-state index contributed by atoms with van der Waals surface area (Å²) in [6.45, 7) is 3.83. The fourth-order valence-corrected chi connectivity index (χ4v) is 3.55. The van der Waals surface area contributed by atoms with Crippen LogP contribution >= 0.6 is 0 Å². The summed E-state index contributed by atoms with van der Waals surface area (Å²) in [4.78, 5) is 17.2. The highest BCUT2D eigenvalue weighted by atomic mass is 16.2. The maximum Gasteiger partial charge on any atom is 0.242 e. The van der Waals surface area contributed by atoms with Crippen molar-refractivity contribution in [1.29, 1.82) is 0 Å². The zero-order valence-electron chi connectivity index (χ0n) is 14.6. The first-order valence-corrected chi connectivity index (χ1v) is 8.94. The fourth-order valence-electron chi connectivity index (χ4n) is 3.55. The number of anilines is 1. The molecule has 1 atom stereocenters. The molecule has 4 rings (SSSR count). The summed E-state index contributed by atoms with van der Waals surface area (Å²) >= 11 is 0. The Morgan fingerprint density at radius 1 is 1.28 bits per heavy atom. The minimum absolute atomic E-state index is 0.0299. The number of rotatable bonds is 4. The van der Waals surface area contributed by atoms with Crippen molar-refractivity contribution in [2.75, 3.05) is 5.32 Å². The van der Waals surface area contributed by atoms with E-state index in [-0.39, 0.29) is 11.9 Å². The van der Waals surface area contributed by atoms with E-state index in [4.69, 9.17) is 0 Å². The van der Waals surface area contributed by atoms with Crippen molar-refractivity contribution < 1.29 is 4.79 Å². The Kier molecular flexibility index (Phi) is 4.03. The molecule has 0 aliphatic heterocycles. The molecule has 130 valence electrons. The van der Waals surface area contributed by atoms with Crippen molar-refractivity contribution >= 4 is 28.3 Å². The predicted molar refractivity (Wildman–Crippen MR) is 98.7 cm³/mol. The fraction of sp³-hybridized carbons (Fsp3) is 0.421. The van der Waals surface area contributed by atoms with Crippen LogP contribution < -0.4 is 10.6 Å². The molecule has 6 nitrogen and oxygen atoms in total. The van der Waals surface area contributed by atoms with Crippen LogP contribution in [0, 0.1) is 6.92 Å². The molecular formula is C19H23N5O. The van der Waals surface area contributed by atoms with Crippen molar-refractivity contribution in [3.05, 3.63) is 36.0 Å². The van der Waals surface area contributed by atoms with Gasteiger partial charge in [0.05, 0.1) is 11.2 Å². The van der Waals surface area contributed by atoms with Crippen LogP contribution in [0.2, 0.25) is 0 Å². The zero-order valence-corrected chi connectivity index (χ0v) is 14.6. The molecule has 0 spiro atoms. The number of nitrogens with zero attached hydrogens (tertiary/aromatic N) is 3. The highest BCUT2D eigenvalue weighted by Gasteiger charge is 2.21. The van der Waals surface area contributed by atoms with Crippen LogP contribution in [0.3, 0.4) is 0 Å². The molecule has 2 aromatic heterocycles. The average Bonchev–Trinajstić information content (AvgIpc) is 3.23. The molecule has 3 aromatic rings. The summed E-state index contributed by atoms with van der Waals surface area (Å²) in [5, 5.41) is 11.9. The summed E-state index contributed by atoms with van der Waals surface area (Å²) in [7, 11) is 0. The van der Waals surface area contributed by atoms with E-state index in [1.807, 2.05) is 48.7 Å². The second kappa shape index (κ2) is 6.35. The third-order valence-electron chi connectivity index (χ3n) is 4.87. The minimum Gasteiger partial charge on any atom is -0.358 e. The van der Waals surface area contributed by atoms with Gasteiger partial charge in [-0.15, -0.1) is 0 Å². The monoisotopic (exact) mass is 337 g/mol. The first kappa shape index (κ1) is 15.9. The molecule has 0 radical (unpaired) electrons. The molecule has 1 saturated carbocycles. The summed E-state index contributed by atoms with van der Waals surface area (Å²) in [6.07, 6.45) is 4.58. The third kappa shape index (κ3) is 3.04. The highest BCUT2D eigenvalue weighted by Crippen LogP contribution is 2.24. The Labute approximate surface area is 146 Å². The number of benzene rings is 1. The van der Waals surface area contributed by atoms with E-state index in [1.54, 1.807) is 0 Å². The maximum atomic E-state index is 12.5. The molecule has 0 bridgehead atoms. The van der Waals surface area contributed by atoms with E-state index < -0.39 is 0 Å². The number of nitrogens with one attached hydrogen (secondary N) is 2. The van der Waals surface area contributed by atoms with Crippen LogP contribution in [-0.2, 0) is 4.79 Å². The summed E-state index contributed by atoms with van der Waals surface area (Å²) in [6, 6.07) is 9.90. The Morgan fingerprint density at radius 2 is 2.04 bits per heavy atom. The Balaban J connectivity index is 1.64. The smallest absolute Gasteiger partial charge is 0.242 e. The molecule has 1 aromatic carbocycles. The third-order valence-corrected chi connectivity index (χ3v) is 4.87. The van der Waals surface area contributed by atoms with Gasteiger partial charge in [0.15, 0.2) is 5.65 Å². The number of fused-ring (bicyclic) bond motifs is 3. The molecule has 1 amide bonds. The summed E-state index contributed by atoms with van der Waals surface area (Å²) < 4.78 is 1.85. The maximum absolute atomic E-state index is 12.5. The molecule has 25 heavy (non-hydrogen) atoms. The Hall–Kier alpha value is -2.63. The standard InChI is InChI=1S/C19H23N5O/c1-12-11-17-22-18(15-9-5-6-10-16(15)24(17)23-12)20-13(2)19(25)21-14-7-3-4-8-14/h5-6,9-11,13-14H,3-4,7-8H2,1-2H3,(H,20,22)(H,21,25)/t13-/m1/s1. The van der Waals surface area contributed by atoms with Crippen molar-refractivity contribution in [1.82, 2.24) is 19.9 Å². The molecule has 1 aliphatic rings.